The lowest BCUT2D eigenvalue weighted by Crippen LogP contribution is -2.27. The maximum atomic E-state index is 14.2. The summed E-state index contributed by atoms with van der Waals surface area (Å²) >= 11 is 0. The number of rotatable bonds is 3. The lowest BCUT2D eigenvalue weighted by atomic mass is 9.94. The van der Waals surface area contributed by atoms with Gasteiger partial charge in [-0.25, -0.2) is 9.07 Å². The Morgan fingerprint density at radius 1 is 1.30 bits per heavy atom. The van der Waals surface area contributed by atoms with Crippen LogP contribution in [0, 0.1) is 5.82 Å². The number of aromatic nitrogens is 2. The Kier molecular flexibility index (Phi) is 3.69. The maximum Gasteiger partial charge on any atom is 0.152 e. The molecular weight excluding hydrogens is 257 g/mol. The Morgan fingerprint density at radius 2 is 2.10 bits per heavy atom. The molecule has 106 valence electrons. The molecule has 2 heterocycles. The van der Waals surface area contributed by atoms with Gasteiger partial charge in [0.05, 0.1) is 7.11 Å². The fourth-order valence-corrected chi connectivity index (χ4v) is 2.73. The number of nitrogens with one attached hydrogen (secondary N) is 1. The number of nitrogens with zero attached hydrogens (tertiary/aromatic N) is 2. The Bertz CT molecular complexity index is 591. The molecule has 5 heteroatoms. The third kappa shape index (κ3) is 2.41. The monoisotopic (exact) mass is 275 g/mol. The van der Waals surface area contributed by atoms with Gasteiger partial charge < -0.3 is 10.1 Å². The van der Waals surface area contributed by atoms with Crippen LogP contribution in [0.5, 0.6) is 5.75 Å². The summed E-state index contributed by atoms with van der Waals surface area (Å²) in [6.45, 7) is 2.00. The zero-order valence-corrected chi connectivity index (χ0v) is 11.5. The van der Waals surface area contributed by atoms with Gasteiger partial charge in [-0.05, 0) is 44.1 Å². The fourth-order valence-electron chi connectivity index (χ4n) is 2.73. The zero-order valence-electron chi connectivity index (χ0n) is 11.5. The lowest BCUT2D eigenvalue weighted by Gasteiger charge is -2.23. The molecule has 0 bridgehead atoms. The van der Waals surface area contributed by atoms with E-state index in [2.05, 4.69) is 10.4 Å². The van der Waals surface area contributed by atoms with Crippen molar-refractivity contribution in [3.8, 4) is 11.4 Å². The number of hydrogen-bond donors (Lipinski definition) is 1. The van der Waals surface area contributed by atoms with Crippen LogP contribution in [0.4, 0.5) is 4.39 Å². The van der Waals surface area contributed by atoms with Crippen LogP contribution in [0.2, 0.25) is 0 Å². The minimum Gasteiger partial charge on any atom is -0.497 e. The van der Waals surface area contributed by atoms with Crippen molar-refractivity contribution in [1.82, 2.24) is 15.1 Å². The Hall–Kier alpha value is -1.88. The maximum absolute atomic E-state index is 14.2. The molecule has 1 aliphatic heterocycles. The van der Waals surface area contributed by atoms with Crippen molar-refractivity contribution in [2.45, 2.75) is 18.8 Å². The highest BCUT2D eigenvalue weighted by Gasteiger charge is 2.20. The molecule has 0 saturated carbocycles. The van der Waals surface area contributed by atoms with Crippen LogP contribution >= 0.6 is 0 Å². The zero-order chi connectivity index (χ0) is 13.9. The van der Waals surface area contributed by atoms with E-state index in [1.54, 1.807) is 23.0 Å². The molecule has 1 saturated heterocycles. The highest BCUT2D eigenvalue weighted by molar-refractivity contribution is 5.40. The van der Waals surface area contributed by atoms with E-state index >= 15 is 0 Å². The van der Waals surface area contributed by atoms with Crippen LogP contribution in [-0.4, -0.2) is 30.0 Å². The van der Waals surface area contributed by atoms with E-state index in [1.165, 1.54) is 13.2 Å². The second-order valence-corrected chi connectivity index (χ2v) is 5.01. The van der Waals surface area contributed by atoms with Gasteiger partial charge in [0.15, 0.2) is 5.82 Å². The minimum atomic E-state index is -0.316. The SMILES string of the molecule is COc1ccc(-n2nccc2C2CCNCC2)c(F)c1. The van der Waals surface area contributed by atoms with Crippen LogP contribution in [-0.2, 0) is 0 Å². The number of methoxy groups -OCH3 is 1. The van der Waals surface area contributed by atoms with Crippen LogP contribution in [0.15, 0.2) is 30.5 Å². The first-order valence-corrected chi connectivity index (χ1v) is 6.88. The lowest BCUT2D eigenvalue weighted by molar-refractivity contribution is 0.410. The summed E-state index contributed by atoms with van der Waals surface area (Å²) in [5, 5.41) is 7.64. The van der Waals surface area contributed by atoms with E-state index < -0.39 is 0 Å². The topological polar surface area (TPSA) is 39.1 Å². The summed E-state index contributed by atoms with van der Waals surface area (Å²) < 4.78 is 20.9. The first-order chi connectivity index (χ1) is 9.79. The van der Waals surface area contributed by atoms with Gasteiger partial charge in [-0.2, -0.15) is 5.10 Å². The molecule has 0 radical (unpaired) electrons. The highest BCUT2D eigenvalue weighted by atomic mass is 19.1. The van der Waals surface area contributed by atoms with Gasteiger partial charge >= 0.3 is 0 Å². The van der Waals surface area contributed by atoms with Gasteiger partial charge in [0.25, 0.3) is 0 Å². The first kappa shape index (κ1) is 13.1. The third-order valence-electron chi connectivity index (χ3n) is 3.81. The molecule has 3 rings (SSSR count). The first-order valence-electron chi connectivity index (χ1n) is 6.88. The molecule has 0 aliphatic carbocycles. The normalized spacial score (nSPS) is 16.3. The number of halogens is 1. The van der Waals surface area contributed by atoms with E-state index in [1.807, 2.05) is 6.07 Å². The van der Waals surface area contributed by atoms with E-state index in [4.69, 9.17) is 4.74 Å². The predicted molar refractivity (Wildman–Crippen MR) is 74.9 cm³/mol. The minimum absolute atomic E-state index is 0.316. The van der Waals surface area contributed by atoms with E-state index in [0.29, 0.717) is 17.4 Å². The van der Waals surface area contributed by atoms with Gasteiger partial charge in [-0.15, -0.1) is 0 Å². The second kappa shape index (κ2) is 5.63. The van der Waals surface area contributed by atoms with Gasteiger partial charge in [0.2, 0.25) is 0 Å². The molecule has 0 amide bonds. The molecule has 20 heavy (non-hydrogen) atoms. The Morgan fingerprint density at radius 3 is 2.80 bits per heavy atom. The van der Waals surface area contributed by atoms with Crippen LogP contribution in [0.1, 0.15) is 24.5 Å². The van der Waals surface area contributed by atoms with Crippen molar-refractivity contribution < 1.29 is 9.13 Å². The van der Waals surface area contributed by atoms with Crippen molar-refractivity contribution in [1.29, 1.82) is 0 Å². The molecule has 1 fully saturated rings. The molecule has 1 aromatic carbocycles. The third-order valence-corrected chi connectivity index (χ3v) is 3.81. The average molecular weight is 275 g/mol. The van der Waals surface area contributed by atoms with Crippen LogP contribution in [0.25, 0.3) is 5.69 Å². The average Bonchev–Trinajstić information content (AvgIpc) is 2.97. The second-order valence-electron chi connectivity index (χ2n) is 5.01. The number of ether oxygens (including phenoxy) is 1. The smallest absolute Gasteiger partial charge is 0.152 e. The van der Waals surface area contributed by atoms with Crippen molar-refractivity contribution in [3.63, 3.8) is 0 Å². The number of benzene rings is 1. The standard InChI is InChI=1S/C15H18FN3O/c1-20-12-2-3-15(13(16)10-12)19-14(6-9-18-19)11-4-7-17-8-5-11/h2-3,6,9-11,17H,4-5,7-8H2,1H3. The van der Waals surface area contributed by atoms with Crippen molar-refractivity contribution in [2.24, 2.45) is 0 Å². The summed E-state index contributed by atoms with van der Waals surface area (Å²) in [4.78, 5) is 0. The van der Waals surface area contributed by atoms with Gasteiger partial charge in [0.1, 0.15) is 11.4 Å². The summed E-state index contributed by atoms with van der Waals surface area (Å²) in [5.41, 5.74) is 1.56. The molecule has 0 atom stereocenters. The quantitative estimate of drug-likeness (QED) is 0.935. The van der Waals surface area contributed by atoms with E-state index in [0.717, 1.165) is 31.6 Å². The molecular formula is C15H18FN3O. The molecule has 1 aliphatic rings. The predicted octanol–water partition coefficient (Wildman–Crippen LogP) is 2.49. The van der Waals surface area contributed by atoms with Crippen LogP contribution < -0.4 is 10.1 Å². The summed E-state index contributed by atoms with van der Waals surface area (Å²) in [6.07, 6.45) is 3.86. The largest absolute Gasteiger partial charge is 0.497 e. The van der Waals surface area contributed by atoms with E-state index in [-0.39, 0.29) is 5.82 Å². The van der Waals surface area contributed by atoms with E-state index in [9.17, 15) is 4.39 Å². The molecule has 2 aromatic rings. The molecule has 0 spiro atoms. The Balaban J connectivity index is 1.96. The van der Waals surface area contributed by atoms with Crippen molar-refractivity contribution >= 4 is 0 Å². The summed E-state index contributed by atoms with van der Waals surface area (Å²) in [7, 11) is 1.53. The summed E-state index contributed by atoms with van der Waals surface area (Å²) in [6, 6.07) is 6.85. The molecule has 4 nitrogen and oxygen atoms in total. The van der Waals surface area contributed by atoms with Crippen molar-refractivity contribution in [2.75, 3.05) is 20.2 Å². The van der Waals surface area contributed by atoms with Crippen molar-refractivity contribution in [3.05, 3.63) is 42.0 Å². The molecule has 1 aromatic heterocycles. The fraction of sp³-hybridized carbons (Fsp3) is 0.400. The van der Waals surface area contributed by atoms with Gasteiger partial charge in [-0.3, -0.25) is 0 Å². The number of hydrogen-bond acceptors (Lipinski definition) is 3. The van der Waals surface area contributed by atoms with Gasteiger partial charge in [0, 0.05) is 23.9 Å². The van der Waals surface area contributed by atoms with Gasteiger partial charge in [-0.1, -0.05) is 0 Å². The number of piperidine rings is 1. The molecule has 1 N–H and O–H groups in total. The Labute approximate surface area is 117 Å². The van der Waals surface area contributed by atoms with Crippen LogP contribution in [0.3, 0.4) is 0 Å². The molecule has 0 unspecified atom stereocenters. The summed E-state index contributed by atoms with van der Waals surface area (Å²) in [5.74, 6) is 0.630. The highest BCUT2D eigenvalue weighted by Crippen LogP contribution is 2.28.